The van der Waals surface area contributed by atoms with Gasteiger partial charge in [0.15, 0.2) is 0 Å². The van der Waals surface area contributed by atoms with Crippen molar-refractivity contribution in [2.45, 2.75) is 0 Å². The van der Waals surface area contributed by atoms with Crippen LogP contribution in [0.15, 0.2) is 12.4 Å². The lowest BCUT2D eigenvalue weighted by Gasteiger charge is -2.21. The molecule has 1 aromatic rings. The third-order valence-electron chi connectivity index (χ3n) is 1.94. The first kappa shape index (κ1) is 11.7. The third-order valence-corrected chi connectivity index (χ3v) is 1.94. The molecule has 0 atom stereocenters. The van der Waals surface area contributed by atoms with Gasteiger partial charge in [0.25, 0.3) is 0 Å². The van der Waals surface area contributed by atoms with E-state index in [4.69, 9.17) is 10.2 Å². The highest BCUT2D eigenvalue weighted by molar-refractivity contribution is 5.43. The molecule has 0 fully saturated rings. The molecule has 0 aliphatic heterocycles. The van der Waals surface area contributed by atoms with E-state index in [9.17, 15) is 0 Å². The number of aromatic nitrogens is 2. The molecule has 1 heterocycles. The number of aliphatic hydroxyl groups is 2. The largest absolute Gasteiger partial charge is 0.395 e. The van der Waals surface area contributed by atoms with Crippen LogP contribution >= 0.6 is 0 Å². The van der Waals surface area contributed by atoms with Crippen LogP contribution in [0.2, 0.25) is 0 Å². The Morgan fingerprint density at radius 1 is 1.27 bits per heavy atom. The fourth-order valence-corrected chi connectivity index (χ4v) is 1.21. The van der Waals surface area contributed by atoms with E-state index in [1.165, 1.54) is 0 Å². The van der Waals surface area contributed by atoms with Crippen LogP contribution in [0, 0.1) is 0 Å². The summed E-state index contributed by atoms with van der Waals surface area (Å²) in [5, 5.41) is 20.6. The van der Waals surface area contributed by atoms with Crippen LogP contribution in [0.5, 0.6) is 0 Å². The molecular weight excluding hydrogens is 196 g/mol. The molecule has 1 aromatic heterocycles. The van der Waals surface area contributed by atoms with Crippen LogP contribution < -0.4 is 10.2 Å². The van der Waals surface area contributed by atoms with Gasteiger partial charge < -0.3 is 20.4 Å². The SMILES string of the molecule is CNc1cncc(N(CCO)CCO)n1. The van der Waals surface area contributed by atoms with Gasteiger partial charge in [-0.2, -0.15) is 0 Å². The Labute approximate surface area is 88.6 Å². The van der Waals surface area contributed by atoms with E-state index in [1.807, 2.05) is 0 Å². The summed E-state index contributed by atoms with van der Waals surface area (Å²) in [4.78, 5) is 10.0. The quantitative estimate of drug-likeness (QED) is 0.579. The smallest absolute Gasteiger partial charge is 0.149 e. The van der Waals surface area contributed by atoms with E-state index in [-0.39, 0.29) is 13.2 Å². The summed E-state index contributed by atoms with van der Waals surface area (Å²) in [5.74, 6) is 1.30. The second-order valence-electron chi connectivity index (χ2n) is 2.95. The first-order valence-electron chi connectivity index (χ1n) is 4.78. The average Bonchev–Trinajstić information content (AvgIpc) is 2.29. The highest BCUT2D eigenvalue weighted by Gasteiger charge is 2.07. The minimum absolute atomic E-state index is 0.0193. The van der Waals surface area contributed by atoms with Crippen LogP contribution in [0.3, 0.4) is 0 Å². The number of aliphatic hydroxyl groups excluding tert-OH is 2. The molecule has 0 saturated heterocycles. The maximum atomic E-state index is 8.86. The Kier molecular flexibility index (Phi) is 4.79. The molecule has 0 bridgehead atoms. The van der Waals surface area contributed by atoms with Crippen LogP contribution in [-0.2, 0) is 0 Å². The maximum Gasteiger partial charge on any atom is 0.149 e. The van der Waals surface area contributed by atoms with Crippen molar-refractivity contribution in [1.82, 2.24) is 9.97 Å². The van der Waals surface area contributed by atoms with Crippen LogP contribution in [-0.4, -0.2) is 53.5 Å². The van der Waals surface area contributed by atoms with E-state index >= 15 is 0 Å². The van der Waals surface area contributed by atoms with Crippen molar-refractivity contribution in [2.24, 2.45) is 0 Å². The number of nitrogens with one attached hydrogen (secondary N) is 1. The fraction of sp³-hybridized carbons (Fsp3) is 0.556. The van der Waals surface area contributed by atoms with Gasteiger partial charge in [0.2, 0.25) is 0 Å². The normalized spacial score (nSPS) is 10.1. The second kappa shape index (κ2) is 6.15. The zero-order chi connectivity index (χ0) is 11.1. The van der Waals surface area contributed by atoms with Gasteiger partial charge >= 0.3 is 0 Å². The molecule has 3 N–H and O–H groups in total. The van der Waals surface area contributed by atoms with E-state index in [1.54, 1.807) is 24.3 Å². The molecule has 0 radical (unpaired) electrons. The highest BCUT2D eigenvalue weighted by Crippen LogP contribution is 2.11. The van der Waals surface area contributed by atoms with Gasteiger partial charge in [0.05, 0.1) is 25.6 Å². The molecule has 6 heteroatoms. The first-order chi connectivity index (χ1) is 7.31. The number of anilines is 2. The molecule has 0 aromatic carbocycles. The van der Waals surface area contributed by atoms with E-state index in [2.05, 4.69) is 15.3 Å². The fourth-order valence-electron chi connectivity index (χ4n) is 1.21. The lowest BCUT2D eigenvalue weighted by atomic mass is 10.4. The molecule has 0 spiro atoms. The Morgan fingerprint density at radius 3 is 2.47 bits per heavy atom. The van der Waals surface area contributed by atoms with Crippen LogP contribution in [0.4, 0.5) is 11.6 Å². The molecule has 0 unspecified atom stereocenters. The summed E-state index contributed by atoms with van der Waals surface area (Å²) < 4.78 is 0. The van der Waals surface area contributed by atoms with Gasteiger partial charge in [-0.3, -0.25) is 4.98 Å². The number of nitrogens with zero attached hydrogens (tertiary/aromatic N) is 3. The van der Waals surface area contributed by atoms with Crippen molar-refractivity contribution in [1.29, 1.82) is 0 Å². The van der Waals surface area contributed by atoms with Crippen molar-refractivity contribution < 1.29 is 10.2 Å². The standard InChI is InChI=1S/C9H16N4O2/c1-10-8-6-11-7-9(12-8)13(2-4-14)3-5-15/h6-7,14-15H,2-5H2,1H3,(H,10,12). The Balaban J connectivity index is 2.79. The van der Waals surface area contributed by atoms with Crippen molar-refractivity contribution in [3.8, 4) is 0 Å². The summed E-state index contributed by atoms with van der Waals surface area (Å²) in [7, 11) is 1.76. The number of hydrogen-bond acceptors (Lipinski definition) is 6. The summed E-state index contributed by atoms with van der Waals surface area (Å²) in [6.07, 6.45) is 3.21. The van der Waals surface area contributed by atoms with Crippen molar-refractivity contribution in [3.63, 3.8) is 0 Å². The molecule has 0 aliphatic carbocycles. The second-order valence-corrected chi connectivity index (χ2v) is 2.95. The third kappa shape index (κ3) is 3.34. The van der Waals surface area contributed by atoms with Gasteiger partial charge in [-0.25, -0.2) is 4.98 Å². The van der Waals surface area contributed by atoms with Crippen LogP contribution in [0.1, 0.15) is 0 Å². The van der Waals surface area contributed by atoms with Gasteiger partial charge in [0.1, 0.15) is 11.6 Å². The van der Waals surface area contributed by atoms with Crippen molar-refractivity contribution in [2.75, 3.05) is 43.6 Å². The summed E-state index contributed by atoms with van der Waals surface area (Å²) in [6, 6.07) is 0. The topological polar surface area (TPSA) is 81.5 Å². The number of hydrogen-bond donors (Lipinski definition) is 3. The summed E-state index contributed by atoms with van der Waals surface area (Å²) >= 11 is 0. The van der Waals surface area contributed by atoms with E-state index in [0.717, 1.165) is 0 Å². The number of rotatable bonds is 6. The average molecular weight is 212 g/mol. The minimum Gasteiger partial charge on any atom is -0.395 e. The highest BCUT2D eigenvalue weighted by atomic mass is 16.3. The van der Waals surface area contributed by atoms with E-state index < -0.39 is 0 Å². The zero-order valence-corrected chi connectivity index (χ0v) is 8.72. The van der Waals surface area contributed by atoms with Gasteiger partial charge in [-0.1, -0.05) is 0 Å². The predicted octanol–water partition coefficient (Wildman–Crippen LogP) is -0.691. The predicted molar refractivity (Wildman–Crippen MR) is 58.0 cm³/mol. The van der Waals surface area contributed by atoms with Gasteiger partial charge in [-0.15, -0.1) is 0 Å². The maximum absolute atomic E-state index is 8.86. The lowest BCUT2D eigenvalue weighted by molar-refractivity contribution is 0.280. The molecule has 15 heavy (non-hydrogen) atoms. The monoisotopic (exact) mass is 212 g/mol. The minimum atomic E-state index is 0.0193. The van der Waals surface area contributed by atoms with Gasteiger partial charge in [0, 0.05) is 20.1 Å². The molecule has 0 saturated carbocycles. The molecule has 0 aliphatic rings. The molecular formula is C9H16N4O2. The van der Waals surface area contributed by atoms with Crippen molar-refractivity contribution >= 4 is 11.6 Å². The molecule has 0 amide bonds. The van der Waals surface area contributed by atoms with Crippen LogP contribution in [0.25, 0.3) is 0 Å². The first-order valence-corrected chi connectivity index (χ1v) is 4.78. The Morgan fingerprint density at radius 2 is 1.93 bits per heavy atom. The summed E-state index contributed by atoms with van der Waals surface area (Å²) in [6.45, 7) is 0.905. The van der Waals surface area contributed by atoms with Crippen molar-refractivity contribution in [3.05, 3.63) is 12.4 Å². The molecule has 6 nitrogen and oxygen atoms in total. The Hall–Kier alpha value is -1.40. The zero-order valence-electron chi connectivity index (χ0n) is 8.72. The lowest BCUT2D eigenvalue weighted by Crippen LogP contribution is -2.30. The molecule has 1 rings (SSSR count). The Bertz CT molecular complexity index is 289. The molecule has 84 valence electrons. The van der Waals surface area contributed by atoms with E-state index in [0.29, 0.717) is 24.7 Å². The summed E-state index contributed by atoms with van der Waals surface area (Å²) in [5.41, 5.74) is 0. The van der Waals surface area contributed by atoms with Gasteiger partial charge in [-0.05, 0) is 0 Å².